The van der Waals surface area contributed by atoms with Crippen molar-refractivity contribution < 1.29 is 51.4 Å². The molecule has 7 nitrogen and oxygen atoms in total. The highest BCUT2D eigenvalue weighted by Crippen LogP contribution is 2.51. The standard InChI is InChI=1S/C16H23F4O7P/c1-5-12(22)25-8-11(21)7-10(3)15(17,18)16(19,20)27-28(4)14(24)9-26-13(23)6-2/h5-6,10-11,14,21,24H,1-2,7-9H2,3-4H3. The Labute approximate surface area is 160 Å². The van der Waals surface area contributed by atoms with Gasteiger partial charge in [0.05, 0.1) is 14.3 Å². The van der Waals surface area contributed by atoms with Crippen LogP contribution in [0.3, 0.4) is 0 Å². The molecule has 0 aliphatic carbocycles. The highest BCUT2D eigenvalue weighted by Gasteiger charge is 2.62. The van der Waals surface area contributed by atoms with Gasteiger partial charge in [-0.05, 0) is 13.1 Å². The van der Waals surface area contributed by atoms with Crippen LogP contribution in [-0.2, 0) is 23.6 Å². The normalized spacial score (nSPS) is 16.4. The molecule has 12 heteroatoms. The van der Waals surface area contributed by atoms with Crippen molar-refractivity contribution in [3.8, 4) is 0 Å². The highest BCUT2D eigenvalue weighted by atomic mass is 31.1. The van der Waals surface area contributed by atoms with Crippen LogP contribution in [0.2, 0.25) is 0 Å². The maximum Gasteiger partial charge on any atom is 0.422 e. The third-order valence-corrected chi connectivity index (χ3v) is 4.94. The highest BCUT2D eigenvalue weighted by molar-refractivity contribution is 7.52. The summed E-state index contributed by atoms with van der Waals surface area (Å²) in [5.74, 6) is -10.4. The average molecular weight is 434 g/mol. The average Bonchev–Trinajstić information content (AvgIpc) is 2.62. The van der Waals surface area contributed by atoms with Crippen LogP contribution in [0.15, 0.2) is 25.3 Å². The Morgan fingerprint density at radius 2 is 1.54 bits per heavy atom. The zero-order valence-corrected chi connectivity index (χ0v) is 16.2. The van der Waals surface area contributed by atoms with Crippen molar-refractivity contribution >= 4 is 20.1 Å². The van der Waals surface area contributed by atoms with E-state index in [-0.39, 0.29) is 0 Å². The minimum atomic E-state index is -4.98. The zero-order valence-electron chi connectivity index (χ0n) is 15.3. The first kappa shape index (κ1) is 26.4. The molecule has 4 unspecified atom stereocenters. The van der Waals surface area contributed by atoms with Gasteiger partial charge < -0.3 is 19.7 Å². The Kier molecular flexibility index (Phi) is 10.8. The van der Waals surface area contributed by atoms with Crippen LogP contribution in [0.1, 0.15) is 13.3 Å². The Morgan fingerprint density at radius 3 is 2.00 bits per heavy atom. The molecule has 4 atom stereocenters. The van der Waals surface area contributed by atoms with E-state index in [2.05, 4.69) is 27.2 Å². The van der Waals surface area contributed by atoms with Gasteiger partial charge in [0.25, 0.3) is 0 Å². The van der Waals surface area contributed by atoms with Crippen molar-refractivity contribution in [2.45, 2.75) is 37.3 Å². The van der Waals surface area contributed by atoms with Gasteiger partial charge in [0, 0.05) is 18.1 Å². The van der Waals surface area contributed by atoms with E-state index < -0.39 is 69.6 Å². The van der Waals surface area contributed by atoms with Crippen molar-refractivity contribution in [2.24, 2.45) is 5.92 Å². The van der Waals surface area contributed by atoms with Gasteiger partial charge in [-0.2, -0.15) is 17.6 Å². The van der Waals surface area contributed by atoms with Gasteiger partial charge in [-0.15, -0.1) is 0 Å². The zero-order chi connectivity index (χ0) is 22.1. The fourth-order valence-electron chi connectivity index (χ4n) is 1.77. The topological polar surface area (TPSA) is 102 Å². The summed E-state index contributed by atoms with van der Waals surface area (Å²) in [4.78, 5) is 21.7. The van der Waals surface area contributed by atoms with Gasteiger partial charge in [0.1, 0.15) is 19.1 Å². The molecule has 0 rings (SSSR count). The Hall–Kier alpha value is -1.55. The third-order valence-electron chi connectivity index (χ3n) is 3.44. The molecule has 0 heterocycles. The van der Waals surface area contributed by atoms with E-state index in [1.165, 1.54) is 0 Å². The van der Waals surface area contributed by atoms with Crippen LogP contribution in [0.25, 0.3) is 0 Å². The summed E-state index contributed by atoms with van der Waals surface area (Å²) in [6.45, 7) is 6.49. The summed E-state index contributed by atoms with van der Waals surface area (Å²) in [5, 5.41) is 19.2. The molecular weight excluding hydrogens is 411 g/mol. The van der Waals surface area contributed by atoms with E-state index in [1.54, 1.807) is 0 Å². The van der Waals surface area contributed by atoms with Gasteiger partial charge in [-0.3, -0.25) is 4.52 Å². The van der Waals surface area contributed by atoms with E-state index in [4.69, 9.17) is 0 Å². The number of esters is 2. The molecule has 0 fully saturated rings. The molecule has 0 aliphatic heterocycles. The predicted octanol–water partition coefficient (Wildman–Crippen LogP) is 2.42. The maximum absolute atomic E-state index is 14.1. The lowest BCUT2D eigenvalue weighted by molar-refractivity contribution is -0.325. The lowest BCUT2D eigenvalue weighted by Gasteiger charge is -2.34. The van der Waals surface area contributed by atoms with Gasteiger partial charge in [0.15, 0.2) is 0 Å². The first-order valence-corrected chi connectivity index (χ1v) is 9.68. The summed E-state index contributed by atoms with van der Waals surface area (Å²) >= 11 is 0. The molecule has 162 valence electrons. The molecule has 0 aromatic carbocycles. The fourth-order valence-corrected chi connectivity index (χ4v) is 2.66. The summed E-state index contributed by atoms with van der Waals surface area (Å²) in [5.41, 5.74) is 0. The van der Waals surface area contributed by atoms with Gasteiger partial charge in [-0.1, -0.05) is 20.1 Å². The molecule has 28 heavy (non-hydrogen) atoms. The summed E-state index contributed by atoms with van der Waals surface area (Å²) in [6, 6.07) is 0. The van der Waals surface area contributed by atoms with Gasteiger partial charge >= 0.3 is 24.0 Å². The number of halogens is 4. The van der Waals surface area contributed by atoms with E-state index >= 15 is 0 Å². The number of hydrogen-bond donors (Lipinski definition) is 2. The molecule has 0 saturated heterocycles. The Morgan fingerprint density at radius 1 is 1.07 bits per heavy atom. The largest absolute Gasteiger partial charge is 0.460 e. The molecule has 0 amide bonds. The number of carbonyl (C=O) groups excluding carboxylic acids is 2. The van der Waals surface area contributed by atoms with Crippen molar-refractivity contribution in [1.82, 2.24) is 0 Å². The molecule has 0 saturated carbocycles. The molecule has 0 aliphatic rings. The Balaban J connectivity index is 4.85. The monoisotopic (exact) mass is 434 g/mol. The quantitative estimate of drug-likeness (QED) is 0.199. The van der Waals surface area contributed by atoms with E-state index in [0.29, 0.717) is 0 Å². The molecule has 0 radical (unpaired) electrons. The Bertz CT molecular complexity index is 559. The molecule has 0 spiro atoms. The second kappa shape index (κ2) is 11.5. The molecule has 2 N–H and O–H groups in total. The van der Waals surface area contributed by atoms with Crippen molar-refractivity contribution in [3.63, 3.8) is 0 Å². The fraction of sp³-hybridized carbons (Fsp3) is 0.625. The summed E-state index contributed by atoms with van der Waals surface area (Å²) < 4.78 is 69.2. The van der Waals surface area contributed by atoms with Crippen LogP contribution in [-0.4, -0.2) is 66.0 Å². The summed E-state index contributed by atoms with van der Waals surface area (Å²) in [7, 11) is -2.52. The second-order valence-electron chi connectivity index (χ2n) is 5.72. The van der Waals surface area contributed by atoms with E-state index in [1.807, 2.05) is 0 Å². The van der Waals surface area contributed by atoms with Crippen molar-refractivity contribution in [1.29, 1.82) is 0 Å². The molecule has 0 aromatic rings. The molecule has 0 aromatic heterocycles. The number of aliphatic hydroxyl groups excluding tert-OH is 2. The lowest BCUT2D eigenvalue weighted by atomic mass is 9.96. The first-order chi connectivity index (χ1) is 12.8. The van der Waals surface area contributed by atoms with Gasteiger partial charge in [0.2, 0.25) is 0 Å². The van der Waals surface area contributed by atoms with Crippen LogP contribution < -0.4 is 0 Å². The smallest absolute Gasteiger partial charge is 0.422 e. The number of aliphatic hydroxyl groups is 2. The predicted molar refractivity (Wildman–Crippen MR) is 91.9 cm³/mol. The number of alkyl halides is 4. The third kappa shape index (κ3) is 8.22. The number of rotatable bonds is 13. The number of carbonyl (C=O) groups is 2. The van der Waals surface area contributed by atoms with Crippen LogP contribution >= 0.6 is 8.15 Å². The van der Waals surface area contributed by atoms with E-state index in [9.17, 15) is 37.4 Å². The summed E-state index contributed by atoms with van der Waals surface area (Å²) in [6.07, 6.45) is -5.86. The minimum Gasteiger partial charge on any atom is -0.460 e. The van der Waals surface area contributed by atoms with Crippen molar-refractivity contribution in [2.75, 3.05) is 19.9 Å². The van der Waals surface area contributed by atoms with Gasteiger partial charge in [-0.25, -0.2) is 9.59 Å². The second-order valence-corrected chi connectivity index (χ2v) is 7.59. The SMILES string of the molecule is C=CC(=O)OCC(O)CC(C)C(F)(F)C(F)(F)OP(C)C(O)COC(=O)C=C. The number of hydrogen-bond acceptors (Lipinski definition) is 7. The van der Waals surface area contributed by atoms with Crippen molar-refractivity contribution in [3.05, 3.63) is 25.3 Å². The van der Waals surface area contributed by atoms with E-state index in [0.717, 1.165) is 25.7 Å². The van der Waals surface area contributed by atoms with Crippen LogP contribution in [0.4, 0.5) is 17.6 Å². The van der Waals surface area contributed by atoms with Crippen LogP contribution in [0, 0.1) is 5.92 Å². The number of ether oxygens (including phenoxy) is 2. The first-order valence-electron chi connectivity index (χ1n) is 7.90. The molecular formula is C16H23F4O7P. The molecule has 0 bridgehead atoms. The van der Waals surface area contributed by atoms with Crippen LogP contribution in [0.5, 0.6) is 0 Å². The lowest BCUT2D eigenvalue weighted by Crippen LogP contribution is -2.48. The maximum atomic E-state index is 14.1. The minimum absolute atomic E-state index is 0.675.